The smallest absolute Gasteiger partial charge is 0.176 e. The zero-order valence-corrected chi connectivity index (χ0v) is 13.2. The van der Waals surface area contributed by atoms with Crippen molar-refractivity contribution in [2.24, 2.45) is 0 Å². The number of ketones is 1. The van der Waals surface area contributed by atoms with Gasteiger partial charge in [0.25, 0.3) is 0 Å². The summed E-state index contributed by atoms with van der Waals surface area (Å²) in [5, 5.41) is 0. The number of halogens is 1. The summed E-state index contributed by atoms with van der Waals surface area (Å²) in [6, 6.07) is 16.7. The van der Waals surface area contributed by atoms with E-state index in [1.165, 1.54) is 16.8 Å². The lowest BCUT2D eigenvalue weighted by atomic mass is 9.83. The monoisotopic (exact) mass is 341 g/mol. The second kappa shape index (κ2) is 4.99. The lowest BCUT2D eigenvalue weighted by molar-refractivity contribution is 0.0978. The van der Waals surface area contributed by atoms with E-state index in [1.807, 2.05) is 18.2 Å². The highest BCUT2D eigenvalue weighted by Crippen LogP contribution is 2.46. The van der Waals surface area contributed by atoms with Crippen LogP contribution in [0.3, 0.4) is 0 Å². The minimum Gasteiger partial charge on any atom is -0.366 e. The third-order valence-corrected chi connectivity index (χ3v) is 5.32. The van der Waals surface area contributed by atoms with Gasteiger partial charge in [-0.05, 0) is 23.6 Å². The Morgan fingerprint density at radius 1 is 1.10 bits per heavy atom. The van der Waals surface area contributed by atoms with Crippen LogP contribution in [-0.2, 0) is 6.54 Å². The Hall–Kier alpha value is -1.61. The molecule has 2 aromatic rings. The largest absolute Gasteiger partial charge is 0.366 e. The molecule has 2 aliphatic rings. The Balaban J connectivity index is 1.73. The first-order valence-electron chi connectivity index (χ1n) is 7.34. The van der Waals surface area contributed by atoms with E-state index in [4.69, 9.17) is 0 Å². The summed E-state index contributed by atoms with van der Waals surface area (Å²) in [7, 11) is 0. The van der Waals surface area contributed by atoms with Crippen LogP contribution >= 0.6 is 15.9 Å². The third kappa shape index (κ3) is 2.11. The first-order chi connectivity index (χ1) is 10.2. The molecule has 0 fully saturated rings. The zero-order valence-electron chi connectivity index (χ0n) is 11.6. The highest BCUT2D eigenvalue weighted by Gasteiger charge is 2.39. The second-order valence-electron chi connectivity index (χ2n) is 5.87. The molecular formula is C18H16BrNO. The molecule has 2 nitrogen and oxygen atoms in total. The second-order valence-corrected chi connectivity index (χ2v) is 6.97. The van der Waals surface area contributed by atoms with E-state index in [0.29, 0.717) is 5.92 Å². The number of Topliss-reactive ketones (excluding diaryl/α,β-unsaturated/α-hetero) is 1. The molecule has 2 aromatic carbocycles. The van der Waals surface area contributed by atoms with Gasteiger partial charge in [0.15, 0.2) is 5.78 Å². The predicted octanol–water partition coefficient (Wildman–Crippen LogP) is 4.14. The summed E-state index contributed by atoms with van der Waals surface area (Å²) in [4.78, 5) is 14.7. The topological polar surface area (TPSA) is 20.3 Å². The van der Waals surface area contributed by atoms with Crippen LogP contribution in [0.15, 0.2) is 48.5 Å². The average molecular weight is 342 g/mol. The maximum absolute atomic E-state index is 12.3. The van der Waals surface area contributed by atoms with E-state index in [9.17, 15) is 4.79 Å². The van der Waals surface area contributed by atoms with Crippen LogP contribution in [0.1, 0.15) is 33.8 Å². The summed E-state index contributed by atoms with van der Waals surface area (Å²) < 4.78 is 0. The Morgan fingerprint density at radius 3 is 2.71 bits per heavy atom. The lowest BCUT2D eigenvalue weighted by Gasteiger charge is -2.23. The Bertz CT molecular complexity index is 698. The van der Waals surface area contributed by atoms with Gasteiger partial charge in [-0.15, -0.1) is 0 Å². The fourth-order valence-corrected chi connectivity index (χ4v) is 4.30. The van der Waals surface area contributed by atoms with Crippen LogP contribution < -0.4 is 4.90 Å². The number of nitrogens with zero attached hydrogens (tertiary/aromatic N) is 1. The average Bonchev–Trinajstić information content (AvgIpc) is 2.85. The van der Waals surface area contributed by atoms with Crippen molar-refractivity contribution in [2.45, 2.75) is 23.7 Å². The quantitative estimate of drug-likeness (QED) is 0.765. The highest BCUT2D eigenvalue weighted by atomic mass is 79.9. The van der Waals surface area contributed by atoms with Crippen molar-refractivity contribution in [2.75, 3.05) is 11.4 Å². The van der Waals surface area contributed by atoms with Gasteiger partial charge >= 0.3 is 0 Å². The summed E-state index contributed by atoms with van der Waals surface area (Å²) in [6.45, 7) is 1.92. The molecule has 1 aliphatic heterocycles. The molecule has 1 heterocycles. The van der Waals surface area contributed by atoms with Crippen molar-refractivity contribution < 1.29 is 4.79 Å². The van der Waals surface area contributed by atoms with Gasteiger partial charge in [-0.25, -0.2) is 0 Å². The molecular weight excluding hydrogens is 326 g/mol. The standard InChI is InChI=1S/C18H16BrNO/c19-15-9-13-11-20(10-12-5-2-1-3-6-12)16-8-4-7-14(17(13)16)18(15)21/h1-8,13,15H,9-11H2/t13-,15+/m1/s1. The molecule has 0 amide bonds. The number of carbonyl (C=O) groups is 1. The van der Waals surface area contributed by atoms with E-state index in [-0.39, 0.29) is 10.6 Å². The molecule has 0 bridgehead atoms. The molecule has 0 unspecified atom stereocenters. The number of benzene rings is 2. The van der Waals surface area contributed by atoms with E-state index >= 15 is 0 Å². The molecule has 0 saturated heterocycles. The molecule has 106 valence electrons. The molecule has 1 aliphatic carbocycles. The number of alkyl halides is 1. The summed E-state index contributed by atoms with van der Waals surface area (Å²) in [6.07, 6.45) is 0.911. The Kier molecular flexibility index (Phi) is 3.11. The van der Waals surface area contributed by atoms with Crippen molar-refractivity contribution in [3.63, 3.8) is 0 Å². The van der Waals surface area contributed by atoms with Gasteiger partial charge in [-0.3, -0.25) is 4.79 Å². The molecule has 0 aromatic heterocycles. The van der Waals surface area contributed by atoms with Gasteiger partial charge in [0.2, 0.25) is 0 Å². The van der Waals surface area contributed by atoms with Crippen molar-refractivity contribution in [3.8, 4) is 0 Å². The van der Waals surface area contributed by atoms with E-state index in [2.05, 4.69) is 51.2 Å². The third-order valence-electron chi connectivity index (χ3n) is 4.53. The first kappa shape index (κ1) is 13.1. The van der Waals surface area contributed by atoms with Crippen LogP contribution in [0.25, 0.3) is 0 Å². The molecule has 2 atom stereocenters. The minimum absolute atomic E-state index is 0.0260. The predicted molar refractivity (Wildman–Crippen MR) is 88.3 cm³/mol. The van der Waals surface area contributed by atoms with E-state index in [1.54, 1.807) is 0 Å². The maximum Gasteiger partial charge on any atom is 0.176 e. The lowest BCUT2D eigenvalue weighted by Crippen LogP contribution is -2.26. The molecule has 3 heteroatoms. The normalized spacial score (nSPS) is 23.3. The zero-order chi connectivity index (χ0) is 14.4. The van der Waals surface area contributed by atoms with Gasteiger partial charge in [0.1, 0.15) is 0 Å². The minimum atomic E-state index is -0.0260. The summed E-state index contributed by atoms with van der Waals surface area (Å²) >= 11 is 3.55. The first-order valence-corrected chi connectivity index (χ1v) is 8.25. The molecule has 21 heavy (non-hydrogen) atoms. The number of anilines is 1. The van der Waals surface area contributed by atoms with Crippen molar-refractivity contribution >= 4 is 27.4 Å². The van der Waals surface area contributed by atoms with E-state index in [0.717, 1.165) is 25.1 Å². The summed E-state index contributed by atoms with van der Waals surface area (Å²) in [5.41, 5.74) is 4.75. The van der Waals surface area contributed by atoms with Gasteiger partial charge in [0, 0.05) is 30.3 Å². The fraction of sp³-hybridized carbons (Fsp3) is 0.278. The molecule has 0 N–H and O–H groups in total. The molecule has 4 rings (SSSR count). The fourth-order valence-electron chi connectivity index (χ4n) is 3.60. The number of rotatable bonds is 2. The number of hydrogen-bond acceptors (Lipinski definition) is 2. The van der Waals surface area contributed by atoms with Crippen LogP contribution in [0.5, 0.6) is 0 Å². The Labute approximate surface area is 132 Å². The molecule has 0 radical (unpaired) electrons. The molecule has 0 saturated carbocycles. The van der Waals surface area contributed by atoms with E-state index < -0.39 is 0 Å². The van der Waals surface area contributed by atoms with Crippen LogP contribution in [0.2, 0.25) is 0 Å². The van der Waals surface area contributed by atoms with Crippen LogP contribution in [0, 0.1) is 0 Å². The van der Waals surface area contributed by atoms with Gasteiger partial charge in [-0.2, -0.15) is 0 Å². The number of hydrogen-bond donors (Lipinski definition) is 0. The van der Waals surface area contributed by atoms with Gasteiger partial charge in [0.05, 0.1) is 4.83 Å². The maximum atomic E-state index is 12.3. The molecule has 0 spiro atoms. The van der Waals surface area contributed by atoms with Crippen molar-refractivity contribution in [1.29, 1.82) is 0 Å². The SMILES string of the molecule is O=C1c2cccc3c2[C@H](C[C@@H]1Br)CN3Cc1ccccc1. The Morgan fingerprint density at radius 2 is 1.90 bits per heavy atom. The van der Waals surface area contributed by atoms with Crippen LogP contribution in [0.4, 0.5) is 5.69 Å². The van der Waals surface area contributed by atoms with Crippen molar-refractivity contribution in [3.05, 3.63) is 65.2 Å². The number of carbonyl (C=O) groups excluding carboxylic acids is 1. The highest BCUT2D eigenvalue weighted by molar-refractivity contribution is 9.10. The summed E-state index contributed by atoms with van der Waals surface area (Å²) in [5.74, 6) is 0.714. The van der Waals surface area contributed by atoms with Gasteiger partial charge in [-0.1, -0.05) is 58.4 Å². The van der Waals surface area contributed by atoms with Crippen molar-refractivity contribution in [1.82, 2.24) is 0 Å². The van der Waals surface area contributed by atoms with Crippen LogP contribution in [-0.4, -0.2) is 17.2 Å². The van der Waals surface area contributed by atoms with Gasteiger partial charge < -0.3 is 4.90 Å².